The Morgan fingerprint density at radius 3 is 2.56 bits per heavy atom. The molecule has 182 valence electrons. The standard InChI is InChI=1S/C23H26N2O8S/c1-15(22(26)24-13-16-5-7-18-20(11-16)32-14-31-18)33-23(27)17-6-8-19(30-2)21(12-17)34(28,29)25-9-3-4-10-25/h5-8,11-12,15H,3-4,9-10,13-14H2,1-2H3,(H,24,26)/t15-/m1/s1. The van der Waals surface area contributed by atoms with E-state index in [-0.39, 0.29) is 29.5 Å². The zero-order chi connectivity index (χ0) is 24.3. The van der Waals surface area contributed by atoms with Gasteiger partial charge in [0.1, 0.15) is 10.6 Å². The molecule has 1 amide bonds. The van der Waals surface area contributed by atoms with Gasteiger partial charge in [0.25, 0.3) is 5.91 Å². The van der Waals surface area contributed by atoms with Gasteiger partial charge in [-0.1, -0.05) is 6.07 Å². The van der Waals surface area contributed by atoms with E-state index < -0.39 is 28.0 Å². The molecule has 1 atom stereocenters. The van der Waals surface area contributed by atoms with Crippen molar-refractivity contribution in [1.82, 2.24) is 9.62 Å². The van der Waals surface area contributed by atoms with Crippen molar-refractivity contribution in [3.63, 3.8) is 0 Å². The van der Waals surface area contributed by atoms with Crippen molar-refractivity contribution in [3.05, 3.63) is 47.5 Å². The van der Waals surface area contributed by atoms with Gasteiger partial charge in [0, 0.05) is 19.6 Å². The van der Waals surface area contributed by atoms with Gasteiger partial charge in [0.2, 0.25) is 16.8 Å². The molecule has 0 aromatic heterocycles. The molecule has 2 aromatic carbocycles. The summed E-state index contributed by atoms with van der Waals surface area (Å²) in [5.41, 5.74) is 0.803. The molecule has 0 spiro atoms. The molecule has 0 bridgehead atoms. The van der Waals surface area contributed by atoms with Gasteiger partial charge in [-0.05, 0) is 55.7 Å². The number of fused-ring (bicyclic) bond motifs is 1. The number of hydrogen-bond donors (Lipinski definition) is 1. The van der Waals surface area contributed by atoms with Gasteiger partial charge in [-0.25, -0.2) is 13.2 Å². The minimum Gasteiger partial charge on any atom is -0.495 e. The average Bonchev–Trinajstić information content (AvgIpc) is 3.54. The minimum absolute atomic E-state index is 0.00833. The number of esters is 1. The van der Waals surface area contributed by atoms with Crippen molar-refractivity contribution in [2.45, 2.75) is 37.3 Å². The predicted molar refractivity (Wildman–Crippen MR) is 120 cm³/mol. The van der Waals surface area contributed by atoms with E-state index in [1.165, 1.54) is 36.5 Å². The normalized spacial score (nSPS) is 16.2. The Kier molecular flexibility index (Phi) is 6.94. The van der Waals surface area contributed by atoms with Crippen LogP contribution in [0, 0.1) is 0 Å². The largest absolute Gasteiger partial charge is 0.495 e. The Bertz CT molecular complexity index is 1190. The Balaban J connectivity index is 1.41. The van der Waals surface area contributed by atoms with Gasteiger partial charge in [0.15, 0.2) is 17.6 Å². The highest BCUT2D eigenvalue weighted by Gasteiger charge is 2.31. The second kappa shape index (κ2) is 9.90. The fourth-order valence-corrected chi connectivity index (χ4v) is 5.44. The van der Waals surface area contributed by atoms with Crippen LogP contribution in [0.4, 0.5) is 0 Å². The summed E-state index contributed by atoms with van der Waals surface area (Å²) in [6, 6.07) is 9.35. The Morgan fingerprint density at radius 1 is 1.09 bits per heavy atom. The van der Waals surface area contributed by atoms with Gasteiger partial charge in [-0.3, -0.25) is 4.79 Å². The van der Waals surface area contributed by atoms with Gasteiger partial charge in [-0.15, -0.1) is 0 Å². The van der Waals surface area contributed by atoms with Crippen LogP contribution in [0.5, 0.6) is 17.2 Å². The number of nitrogens with zero attached hydrogens (tertiary/aromatic N) is 1. The molecule has 0 unspecified atom stereocenters. The quantitative estimate of drug-likeness (QED) is 0.559. The molecule has 0 saturated carbocycles. The van der Waals surface area contributed by atoms with Gasteiger partial charge in [0.05, 0.1) is 12.7 Å². The molecule has 1 fully saturated rings. The van der Waals surface area contributed by atoms with E-state index in [9.17, 15) is 18.0 Å². The average molecular weight is 491 g/mol. The van der Waals surface area contributed by atoms with Crippen molar-refractivity contribution < 1.29 is 37.0 Å². The third-order valence-electron chi connectivity index (χ3n) is 5.64. The maximum Gasteiger partial charge on any atom is 0.338 e. The number of carbonyl (C=O) groups is 2. The first-order valence-electron chi connectivity index (χ1n) is 10.8. The Labute approximate surface area is 197 Å². The Hall–Kier alpha value is -3.31. The van der Waals surface area contributed by atoms with Crippen LogP contribution in [0.15, 0.2) is 41.3 Å². The smallest absolute Gasteiger partial charge is 0.338 e. The van der Waals surface area contributed by atoms with Gasteiger partial charge >= 0.3 is 5.97 Å². The van der Waals surface area contributed by atoms with Crippen LogP contribution < -0.4 is 19.5 Å². The predicted octanol–water partition coefficient (Wildman–Crippen LogP) is 2.07. The molecule has 2 heterocycles. The second-order valence-corrected chi connectivity index (χ2v) is 9.84. The molecule has 34 heavy (non-hydrogen) atoms. The summed E-state index contributed by atoms with van der Waals surface area (Å²) in [5, 5.41) is 2.70. The third-order valence-corrected chi connectivity index (χ3v) is 7.56. The van der Waals surface area contributed by atoms with Crippen LogP contribution in [0.1, 0.15) is 35.7 Å². The van der Waals surface area contributed by atoms with Crippen LogP contribution in [-0.2, 0) is 26.1 Å². The van der Waals surface area contributed by atoms with Gasteiger partial charge < -0.3 is 24.3 Å². The number of carbonyl (C=O) groups excluding carboxylic acids is 2. The molecule has 1 N–H and O–H groups in total. The maximum atomic E-state index is 13.0. The molecular formula is C23H26N2O8S. The summed E-state index contributed by atoms with van der Waals surface area (Å²) in [7, 11) is -2.46. The number of methoxy groups -OCH3 is 1. The third kappa shape index (κ3) is 4.95. The summed E-state index contributed by atoms with van der Waals surface area (Å²) in [5.74, 6) is 0.0714. The van der Waals surface area contributed by atoms with E-state index in [4.69, 9.17) is 18.9 Å². The molecule has 2 aliphatic rings. The van der Waals surface area contributed by atoms with Crippen molar-refractivity contribution >= 4 is 21.9 Å². The van der Waals surface area contributed by atoms with Crippen molar-refractivity contribution in [3.8, 4) is 17.2 Å². The van der Waals surface area contributed by atoms with E-state index in [1.807, 2.05) is 0 Å². The highest BCUT2D eigenvalue weighted by molar-refractivity contribution is 7.89. The van der Waals surface area contributed by atoms with Crippen molar-refractivity contribution in [2.75, 3.05) is 27.0 Å². The van der Waals surface area contributed by atoms with Crippen LogP contribution in [-0.4, -0.2) is 57.7 Å². The number of rotatable bonds is 8. The highest BCUT2D eigenvalue weighted by Crippen LogP contribution is 2.32. The first-order valence-corrected chi connectivity index (χ1v) is 12.3. The summed E-state index contributed by atoms with van der Waals surface area (Å²) in [6.45, 7) is 2.64. The van der Waals surface area contributed by atoms with Crippen LogP contribution >= 0.6 is 0 Å². The monoisotopic (exact) mass is 490 g/mol. The fraction of sp³-hybridized carbons (Fsp3) is 0.391. The summed E-state index contributed by atoms with van der Waals surface area (Å²) < 4.78 is 48.5. The van der Waals surface area contributed by atoms with E-state index in [2.05, 4.69) is 5.32 Å². The summed E-state index contributed by atoms with van der Waals surface area (Å²) in [4.78, 5) is 25.0. The Morgan fingerprint density at radius 2 is 1.82 bits per heavy atom. The zero-order valence-electron chi connectivity index (χ0n) is 18.9. The van der Waals surface area contributed by atoms with Crippen molar-refractivity contribution in [1.29, 1.82) is 0 Å². The maximum absolute atomic E-state index is 13.0. The van der Waals surface area contributed by atoms with E-state index in [1.54, 1.807) is 18.2 Å². The second-order valence-electron chi connectivity index (χ2n) is 7.93. The highest BCUT2D eigenvalue weighted by atomic mass is 32.2. The first kappa shape index (κ1) is 23.8. The number of sulfonamides is 1. The van der Waals surface area contributed by atoms with Gasteiger partial charge in [-0.2, -0.15) is 4.31 Å². The molecular weight excluding hydrogens is 464 g/mol. The number of hydrogen-bond acceptors (Lipinski definition) is 8. The van der Waals surface area contributed by atoms with Crippen LogP contribution in [0.2, 0.25) is 0 Å². The number of nitrogens with one attached hydrogen (secondary N) is 1. The fourth-order valence-electron chi connectivity index (χ4n) is 3.74. The molecule has 0 aliphatic carbocycles. The molecule has 1 saturated heterocycles. The lowest BCUT2D eigenvalue weighted by molar-refractivity contribution is -0.129. The lowest BCUT2D eigenvalue weighted by Gasteiger charge is -2.18. The summed E-state index contributed by atoms with van der Waals surface area (Å²) in [6.07, 6.45) is 0.465. The van der Waals surface area contributed by atoms with Crippen LogP contribution in [0.3, 0.4) is 0 Å². The SMILES string of the molecule is COc1ccc(C(=O)O[C@H](C)C(=O)NCc2ccc3c(c2)OCO3)cc1S(=O)(=O)N1CCCC1. The minimum atomic E-state index is -3.82. The molecule has 10 nitrogen and oxygen atoms in total. The summed E-state index contributed by atoms with van der Waals surface area (Å²) >= 11 is 0. The molecule has 2 aromatic rings. The molecule has 2 aliphatic heterocycles. The van der Waals surface area contributed by atoms with E-state index in [0.717, 1.165) is 18.4 Å². The molecule has 4 rings (SSSR count). The van der Waals surface area contributed by atoms with Crippen molar-refractivity contribution in [2.24, 2.45) is 0 Å². The topological polar surface area (TPSA) is 120 Å². The first-order chi connectivity index (χ1) is 16.3. The lowest BCUT2D eigenvalue weighted by Crippen LogP contribution is -2.35. The number of benzene rings is 2. The number of ether oxygens (including phenoxy) is 4. The zero-order valence-corrected chi connectivity index (χ0v) is 19.7. The molecule has 11 heteroatoms. The lowest BCUT2D eigenvalue weighted by atomic mass is 10.2. The van der Waals surface area contributed by atoms with E-state index in [0.29, 0.717) is 24.6 Å². The van der Waals surface area contributed by atoms with Crippen LogP contribution in [0.25, 0.3) is 0 Å². The molecule has 0 radical (unpaired) electrons. The number of amides is 1. The van der Waals surface area contributed by atoms with E-state index >= 15 is 0 Å².